The van der Waals surface area contributed by atoms with Crippen molar-refractivity contribution in [1.29, 1.82) is 0 Å². The third-order valence-corrected chi connectivity index (χ3v) is 4.27. The van der Waals surface area contributed by atoms with Crippen molar-refractivity contribution in [2.45, 2.75) is 19.8 Å². The van der Waals surface area contributed by atoms with Crippen molar-refractivity contribution in [2.75, 3.05) is 16.8 Å². The van der Waals surface area contributed by atoms with E-state index in [0.29, 0.717) is 17.7 Å². The predicted molar refractivity (Wildman–Crippen MR) is 102 cm³/mol. The molecule has 1 aliphatic rings. The maximum Gasteiger partial charge on any atom is 0.248 e. The number of benzene rings is 2. The van der Waals surface area contributed by atoms with E-state index >= 15 is 0 Å². The maximum atomic E-state index is 12.1. The van der Waals surface area contributed by atoms with E-state index in [2.05, 4.69) is 5.32 Å². The first-order valence-electron chi connectivity index (χ1n) is 8.54. The molecule has 0 saturated carbocycles. The average molecular weight is 348 g/mol. The van der Waals surface area contributed by atoms with Gasteiger partial charge in [-0.15, -0.1) is 0 Å². The van der Waals surface area contributed by atoms with Crippen molar-refractivity contribution >= 4 is 35.0 Å². The van der Waals surface area contributed by atoms with E-state index in [1.807, 2.05) is 24.3 Å². The standard InChI is InChI=1S/C21H20N2O3/c1-15(24)18-5-2-3-6-19(18)22-20(25)13-10-16-8-11-17(12-9-16)23-14-4-7-21(23)26/h2-3,5-6,8-13H,4,7,14H2,1H3,(H,22,25)/b13-10+. The smallest absolute Gasteiger partial charge is 0.248 e. The van der Waals surface area contributed by atoms with Gasteiger partial charge in [0.15, 0.2) is 5.78 Å². The molecular weight excluding hydrogens is 328 g/mol. The fourth-order valence-electron chi connectivity index (χ4n) is 2.93. The minimum Gasteiger partial charge on any atom is -0.322 e. The lowest BCUT2D eigenvalue weighted by atomic mass is 10.1. The number of hydrogen-bond donors (Lipinski definition) is 1. The molecule has 0 atom stereocenters. The van der Waals surface area contributed by atoms with Gasteiger partial charge in [-0.05, 0) is 49.2 Å². The number of nitrogens with zero attached hydrogens (tertiary/aromatic N) is 1. The molecular formula is C21H20N2O3. The second-order valence-electron chi connectivity index (χ2n) is 6.16. The van der Waals surface area contributed by atoms with Crippen LogP contribution in [0.4, 0.5) is 11.4 Å². The van der Waals surface area contributed by atoms with Crippen molar-refractivity contribution in [3.63, 3.8) is 0 Å². The molecule has 0 aliphatic carbocycles. The molecule has 5 heteroatoms. The van der Waals surface area contributed by atoms with Gasteiger partial charge in [0.05, 0.1) is 5.69 Å². The molecule has 5 nitrogen and oxygen atoms in total. The van der Waals surface area contributed by atoms with Gasteiger partial charge in [0.25, 0.3) is 0 Å². The normalized spacial score (nSPS) is 14.0. The Morgan fingerprint density at radius 2 is 1.81 bits per heavy atom. The van der Waals surface area contributed by atoms with Crippen LogP contribution in [0.3, 0.4) is 0 Å². The van der Waals surface area contributed by atoms with Crippen LogP contribution in [0.15, 0.2) is 54.6 Å². The largest absolute Gasteiger partial charge is 0.322 e. The Kier molecular flexibility index (Phi) is 5.27. The zero-order valence-electron chi connectivity index (χ0n) is 14.6. The van der Waals surface area contributed by atoms with Crippen molar-refractivity contribution < 1.29 is 14.4 Å². The summed E-state index contributed by atoms with van der Waals surface area (Å²) < 4.78 is 0. The van der Waals surface area contributed by atoms with Gasteiger partial charge < -0.3 is 10.2 Å². The molecule has 132 valence electrons. The quantitative estimate of drug-likeness (QED) is 0.662. The zero-order chi connectivity index (χ0) is 18.5. The summed E-state index contributed by atoms with van der Waals surface area (Å²) in [5.74, 6) is -0.258. The third kappa shape index (κ3) is 4.06. The lowest BCUT2D eigenvalue weighted by Crippen LogP contribution is -2.23. The highest BCUT2D eigenvalue weighted by Gasteiger charge is 2.21. The highest BCUT2D eigenvalue weighted by Crippen LogP contribution is 2.22. The second kappa shape index (κ2) is 7.78. The van der Waals surface area contributed by atoms with Gasteiger partial charge in [-0.1, -0.05) is 24.3 Å². The fraction of sp³-hybridized carbons (Fsp3) is 0.190. The molecule has 3 rings (SSSR count). The van der Waals surface area contributed by atoms with Crippen LogP contribution in [-0.2, 0) is 9.59 Å². The Bertz CT molecular complexity index is 869. The van der Waals surface area contributed by atoms with E-state index < -0.39 is 0 Å². The van der Waals surface area contributed by atoms with E-state index in [-0.39, 0.29) is 17.6 Å². The van der Waals surface area contributed by atoms with Crippen molar-refractivity contribution in [2.24, 2.45) is 0 Å². The molecule has 0 radical (unpaired) electrons. The molecule has 1 fully saturated rings. The molecule has 2 amide bonds. The first-order valence-corrected chi connectivity index (χ1v) is 8.54. The van der Waals surface area contributed by atoms with E-state index in [1.54, 1.807) is 35.2 Å². The van der Waals surface area contributed by atoms with Gasteiger partial charge >= 0.3 is 0 Å². The molecule has 0 spiro atoms. The zero-order valence-corrected chi connectivity index (χ0v) is 14.6. The number of hydrogen-bond acceptors (Lipinski definition) is 3. The monoisotopic (exact) mass is 348 g/mol. The van der Waals surface area contributed by atoms with Gasteiger partial charge in [0.2, 0.25) is 11.8 Å². The minimum absolute atomic E-state index is 0.100. The Morgan fingerprint density at radius 3 is 2.46 bits per heavy atom. The molecule has 2 aromatic carbocycles. The van der Waals surface area contributed by atoms with Crippen LogP contribution in [0, 0.1) is 0 Å². The summed E-state index contributed by atoms with van der Waals surface area (Å²) in [4.78, 5) is 37.2. The average Bonchev–Trinajstić information content (AvgIpc) is 3.07. The number of Topliss-reactive ketones (excluding diaryl/α,β-unsaturated/α-hetero) is 1. The molecule has 1 saturated heterocycles. The fourth-order valence-corrected chi connectivity index (χ4v) is 2.93. The Morgan fingerprint density at radius 1 is 1.08 bits per heavy atom. The van der Waals surface area contributed by atoms with Crippen molar-refractivity contribution in [3.8, 4) is 0 Å². The first kappa shape index (κ1) is 17.6. The van der Waals surface area contributed by atoms with Crippen LogP contribution in [0.2, 0.25) is 0 Å². The third-order valence-electron chi connectivity index (χ3n) is 4.27. The SMILES string of the molecule is CC(=O)c1ccccc1NC(=O)/C=C/c1ccc(N2CCCC2=O)cc1. The van der Waals surface area contributed by atoms with Gasteiger partial charge in [-0.3, -0.25) is 14.4 Å². The molecule has 0 bridgehead atoms. The van der Waals surface area contributed by atoms with Crippen molar-refractivity contribution in [1.82, 2.24) is 0 Å². The summed E-state index contributed by atoms with van der Waals surface area (Å²) in [6.45, 7) is 2.22. The summed E-state index contributed by atoms with van der Waals surface area (Å²) in [5.41, 5.74) is 2.71. The van der Waals surface area contributed by atoms with Crippen LogP contribution in [0.5, 0.6) is 0 Å². The predicted octanol–water partition coefficient (Wildman–Crippen LogP) is 3.67. The summed E-state index contributed by atoms with van der Waals surface area (Å²) in [5, 5.41) is 2.72. The Labute approximate surface area is 152 Å². The lowest BCUT2D eigenvalue weighted by molar-refractivity contribution is -0.117. The number of carbonyl (C=O) groups is 3. The topological polar surface area (TPSA) is 66.5 Å². The Hall–Kier alpha value is -3.21. The molecule has 1 aliphatic heterocycles. The van der Waals surface area contributed by atoms with Gasteiger partial charge in [-0.2, -0.15) is 0 Å². The van der Waals surface area contributed by atoms with E-state index in [1.165, 1.54) is 13.0 Å². The molecule has 0 aromatic heterocycles. The van der Waals surface area contributed by atoms with E-state index in [9.17, 15) is 14.4 Å². The number of para-hydroxylation sites is 1. The number of carbonyl (C=O) groups excluding carboxylic acids is 3. The Balaban J connectivity index is 1.65. The van der Waals surface area contributed by atoms with Gasteiger partial charge in [0, 0.05) is 30.3 Å². The van der Waals surface area contributed by atoms with Crippen LogP contribution in [-0.4, -0.2) is 24.1 Å². The summed E-state index contributed by atoms with van der Waals surface area (Å²) in [6, 6.07) is 14.4. The summed E-state index contributed by atoms with van der Waals surface area (Å²) >= 11 is 0. The van der Waals surface area contributed by atoms with Gasteiger partial charge in [-0.25, -0.2) is 0 Å². The second-order valence-corrected chi connectivity index (χ2v) is 6.16. The number of ketones is 1. The number of rotatable bonds is 5. The van der Waals surface area contributed by atoms with Crippen LogP contribution < -0.4 is 10.2 Å². The maximum absolute atomic E-state index is 12.1. The minimum atomic E-state index is -0.308. The molecule has 1 heterocycles. The molecule has 0 unspecified atom stereocenters. The van der Waals surface area contributed by atoms with Crippen LogP contribution in [0.25, 0.3) is 6.08 Å². The highest BCUT2D eigenvalue weighted by atomic mass is 16.2. The van der Waals surface area contributed by atoms with Crippen LogP contribution >= 0.6 is 0 Å². The highest BCUT2D eigenvalue weighted by molar-refractivity contribution is 6.07. The molecule has 1 N–H and O–H groups in total. The lowest BCUT2D eigenvalue weighted by Gasteiger charge is -2.15. The molecule has 26 heavy (non-hydrogen) atoms. The van der Waals surface area contributed by atoms with Crippen LogP contribution in [0.1, 0.15) is 35.7 Å². The van der Waals surface area contributed by atoms with Crippen molar-refractivity contribution in [3.05, 3.63) is 65.7 Å². The summed E-state index contributed by atoms with van der Waals surface area (Å²) in [6.07, 6.45) is 4.61. The number of nitrogens with one attached hydrogen (secondary N) is 1. The molecule has 2 aromatic rings. The van der Waals surface area contributed by atoms with Gasteiger partial charge in [0.1, 0.15) is 0 Å². The number of amides is 2. The first-order chi connectivity index (χ1) is 12.5. The van der Waals surface area contributed by atoms with E-state index in [4.69, 9.17) is 0 Å². The number of anilines is 2. The summed E-state index contributed by atoms with van der Waals surface area (Å²) in [7, 11) is 0. The van der Waals surface area contributed by atoms with E-state index in [0.717, 1.165) is 24.2 Å².